The number of likely N-dealkylation sites (tertiary alicyclic amines) is 1. The van der Waals surface area contributed by atoms with Gasteiger partial charge in [0.15, 0.2) is 0 Å². The van der Waals surface area contributed by atoms with Crippen LogP contribution in [0.4, 0.5) is 0 Å². The second kappa shape index (κ2) is 3.89. The highest BCUT2D eigenvalue weighted by Gasteiger charge is 2.43. The SMILES string of the molecule is NC(=NO)N1CCC2(O)CCCCC2C1. The molecule has 2 atom stereocenters. The molecule has 0 aromatic carbocycles. The van der Waals surface area contributed by atoms with E-state index in [1.807, 2.05) is 4.90 Å². The second-order valence-corrected chi connectivity index (χ2v) is 4.70. The van der Waals surface area contributed by atoms with Crippen molar-refractivity contribution in [1.82, 2.24) is 4.90 Å². The molecule has 1 saturated carbocycles. The van der Waals surface area contributed by atoms with E-state index in [9.17, 15) is 5.11 Å². The summed E-state index contributed by atoms with van der Waals surface area (Å²) in [6.07, 6.45) is 4.98. The summed E-state index contributed by atoms with van der Waals surface area (Å²) in [6, 6.07) is 0. The maximum absolute atomic E-state index is 10.4. The Morgan fingerprint density at radius 1 is 1.40 bits per heavy atom. The first-order valence-corrected chi connectivity index (χ1v) is 5.60. The van der Waals surface area contributed by atoms with Crippen LogP contribution in [-0.4, -0.2) is 39.9 Å². The minimum Gasteiger partial charge on any atom is -0.408 e. The van der Waals surface area contributed by atoms with Gasteiger partial charge >= 0.3 is 0 Å². The molecule has 86 valence electrons. The molecule has 0 aromatic heterocycles. The summed E-state index contributed by atoms with van der Waals surface area (Å²) in [4.78, 5) is 1.85. The van der Waals surface area contributed by atoms with Crippen LogP contribution in [-0.2, 0) is 0 Å². The Morgan fingerprint density at radius 2 is 2.20 bits per heavy atom. The lowest BCUT2D eigenvalue weighted by molar-refractivity contribution is -0.0844. The maximum Gasteiger partial charge on any atom is 0.233 e. The molecule has 4 N–H and O–H groups in total. The van der Waals surface area contributed by atoms with Gasteiger partial charge in [0.05, 0.1) is 5.60 Å². The van der Waals surface area contributed by atoms with E-state index in [2.05, 4.69) is 5.16 Å². The third-order valence-electron chi connectivity index (χ3n) is 3.85. The van der Waals surface area contributed by atoms with E-state index in [1.165, 1.54) is 6.42 Å². The number of nitrogens with zero attached hydrogens (tertiary/aromatic N) is 2. The van der Waals surface area contributed by atoms with Gasteiger partial charge < -0.3 is 20.9 Å². The van der Waals surface area contributed by atoms with E-state index in [4.69, 9.17) is 10.9 Å². The minimum absolute atomic E-state index is 0.169. The highest BCUT2D eigenvalue weighted by Crippen LogP contribution is 2.39. The summed E-state index contributed by atoms with van der Waals surface area (Å²) in [5, 5.41) is 22.0. The normalized spacial score (nSPS) is 37.5. The lowest BCUT2D eigenvalue weighted by Crippen LogP contribution is -2.56. The van der Waals surface area contributed by atoms with Gasteiger partial charge in [-0.15, -0.1) is 0 Å². The summed E-state index contributed by atoms with van der Waals surface area (Å²) in [7, 11) is 0. The van der Waals surface area contributed by atoms with Crippen LogP contribution in [0.2, 0.25) is 0 Å². The van der Waals surface area contributed by atoms with Crippen LogP contribution in [0.3, 0.4) is 0 Å². The van der Waals surface area contributed by atoms with Crippen LogP contribution in [0.5, 0.6) is 0 Å². The van der Waals surface area contributed by atoms with Crippen LogP contribution in [0.1, 0.15) is 32.1 Å². The van der Waals surface area contributed by atoms with Crippen molar-refractivity contribution < 1.29 is 10.3 Å². The van der Waals surface area contributed by atoms with Gasteiger partial charge in [0.2, 0.25) is 5.96 Å². The van der Waals surface area contributed by atoms with Crippen molar-refractivity contribution in [3.8, 4) is 0 Å². The summed E-state index contributed by atoms with van der Waals surface area (Å²) >= 11 is 0. The van der Waals surface area contributed by atoms with E-state index in [0.717, 1.165) is 25.7 Å². The number of hydrogen-bond donors (Lipinski definition) is 3. The predicted octanol–water partition coefficient (Wildman–Crippen LogP) is 0.317. The first-order valence-electron chi connectivity index (χ1n) is 5.60. The first-order chi connectivity index (χ1) is 7.15. The van der Waals surface area contributed by atoms with Crippen molar-refractivity contribution in [3.63, 3.8) is 0 Å². The average molecular weight is 213 g/mol. The Kier molecular flexibility index (Phi) is 2.73. The van der Waals surface area contributed by atoms with Gasteiger partial charge in [-0.2, -0.15) is 0 Å². The molecular formula is C10H19N3O2. The smallest absolute Gasteiger partial charge is 0.233 e. The van der Waals surface area contributed by atoms with Crippen LogP contribution in [0.15, 0.2) is 5.16 Å². The van der Waals surface area contributed by atoms with Crippen LogP contribution in [0.25, 0.3) is 0 Å². The van der Waals surface area contributed by atoms with Crippen molar-refractivity contribution in [2.24, 2.45) is 16.8 Å². The lowest BCUT2D eigenvalue weighted by atomic mass is 9.71. The number of oxime groups is 1. The van der Waals surface area contributed by atoms with Gasteiger partial charge in [-0.25, -0.2) is 0 Å². The molecule has 0 amide bonds. The second-order valence-electron chi connectivity index (χ2n) is 4.70. The fraction of sp³-hybridized carbons (Fsp3) is 0.900. The molecule has 2 fully saturated rings. The molecule has 15 heavy (non-hydrogen) atoms. The van der Waals surface area contributed by atoms with E-state index < -0.39 is 5.60 Å². The fourth-order valence-corrected chi connectivity index (χ4v) is 2.84. The molecule has 0 radical (unpaired) electrons. The van der Waals surface area contributed by atoms with Crippen molar-refractivity contribution in [2.45, 2.75) is 37.7 Å². The molecule has 2 rings (SSSR count). The van der Waals surface area contributed by atoms with E-state index in [1.54, 1.807) is 0 Å². The van der Waals surface area contributed by atoms with E-state index in [0.29, 0.717) is 13.1 Å². The molecule has 2 aliphatic rings. The average Bonchev–Trinajstić information content (AvgIpc) is 2.26. The van der Waals surface area contributed by atoms with Crippen molar-refractivity contribution in [2.75, 3.05) is 13.1 Å². The van der Waals surface area contributed by atoms with Crippen LogP contribution >= 0.6 is 0 Å². The predicted molar refractivity (Wildman–Crippen MR) is 56.5 cm³/mol. The lowest BCUT2D eigenvalue weighted by Gasteiger charge is -2.47. The standard InChI is InChI=1S/C10H19N3O2/c11-9(12-15)13-6-5-10(14)4-2-1-3-8(10)7-13/h8,14-15H,1-7H2,(H2,11,12). The van der Waals surface area contributed by atoms with Crippen LogP contribution in [0, 0.1) is 5.92 Å². The van der Waals surface area contributed by atoms with Gasteiger partial charge in [0, 0.05) is 19.0 Å². The quantitative estimate of drug-likeness (QED) is 0.234. The molecular weight excluding hydrogens is 194 g/mol. The highest BCUT2D eigenvalue weighted by atomic mass is 16.4. The third kappa shape index (κ3) is 1.88. The number of piperidine rings is 1. The molecule has 2 unspecified atom stereocenters. The molecule has 1 aliphatic heterocycles. The fourth-order valence-electron chi connectivity index (χ4n) is 2.84. The number of fused-ring (bicyclic) bond motifs is 1. The molecule has 1 saturated heterocycles. The minimum atomic E-state index is -0.496. The molecule has 1 heterocycles. The zero-order valence-electron chi connectivity index (χ0n) is 8.89. The van der Waals surface area contributed by atoms with Crippen molar-refractivity contribution in [3.05, 3.63) is 0 Å². The Labute approximate surface area is 89.5 Å². The van der Waals surface area contributed by atoms with Crippen molar-refractivity contribution in [1.29, 1.82) is 0 Å². The molecule has 0 aromatic rings. The largest absolute Gasteiger partial charge is 0.408 e. The Hall–Kier alpha value is -0.970. The Morgan fingerprint density at radius 3 is 2.93 bits per heavy atom. The molecule has 5 nitrogen and oxygen atoms in total. The monoisotopic (exact) mass is 213 g/mol. The molecule has 1 aliphatic carbocycles. The molecule has 5 heteroatoms. The van der Waals surface area contributed by atoms with Crippen LogP contribution < -0.4 is 5.73 Å². The van der Waals surface area contributed by atoms with Gasteiger partial charge in [-0.05, 0) is 19.3 Å². The number of nitrogens with two attached hydrogens (primary N) is 1. The third-order valence-corrected chi connectivity index (χ3v) is 3.85. The first kappa shape index (κ1) is 10.5. The zero-order chi connectivity index (χ0) is 10.9. The molecule has 0 spiro atoms. The Bertz CT molecular complexity index is 269. The van der Waals surface area contributed by atoms with Gasteiger partial charge in [-0.3, -0.25) is 0 Å². The topological polar surface area (TPSA) is 82.1 Å². The van der Waals surface area contributed by atoms with Gasteiger partial charge in [0.1, 0.15) is 0 Å². The van der Waals surface area contributed by atoms with Gasteiger partial charge in [-0.1, -0.05) is 18.0 Å². The van der Waals surface area contributed by atoms with E-state index in [-0.39, 0.29) is 11.9 Å². The van der Waals surface area contributed by atoms with Gasteiger partial charge in [0.25, 0.3) is 0 Å². The van der Waals surface area contributed by atoms with E-state index >= 15 is 0 Å². The number of aliphatic hydroxyl groups is 1. The summed E-state index contributed by atoms with van der Waals surface area (Å²) < 4.78 is 0. The zero-order valence-corrected chi connectivity index (χ0v) is 8.89. The summed E-state index contributed by atoms with van der Waals surface area (Å²) in [6.45, 7) is 1.40. The number of hydrogen-bond acceptors (Lipinski definition) is 3. The summed E-state index contributed by atoms with van der Waals surface area (Å²) in [5.41, 5.74) is 5.06. The Balaban J connectivity index is 2.05. The summed E-state index contributed by atoms with van der Waals surface area (Å²) in [5.74, 6) is 0.447. The number of rotatable bonds is 0. The molecule has 0 bridgehead atoms. The van der Waals surface area contributed by atoms with Crippen molar-refractivity contribution >= 4 is 5.96 Å². The highest BCUT2D eigenvalue weighted by molar-refractivity contribution is 5.77. The number of guanidine groups is 1. The maximum atomic E-state index is 10.4.